The maximum atomic E-state index is 5.41. The Morgan fingerprint density at radius 2 is 2.45 bits per heavy atom. The van der Waals surface area contributed by atoms with E-state index in [4.69, 9.17) is 16.3 Å². The Bertz CT molecular complexity index is 226. The SMILES string of the molecule is CCOC(C)c1noc(Cl)n1. The highest BCUT2D eigenvalue weighted by Crippen LogP contribution is 2.14. The second-order valence-corrected chi connectivity index (χ2v) is 2.33. The van der Waals surface area contributed by atoms with Crippen LogP contribution in [0.4, 0.5) is 0 Å². The van der Waals surface area contributed by atoms with Crippen molar-refractivity contribution in [3.8, 4) is 0 Å². The van der Waals surface area contributed by atoms with Crippen LogP contribution >= 0.6 is 11.6 Å². The molecular weight excluding hydrogens is 168 g/mol. The van der Waals surface area contributed by atoms with Crippen LogP contribution in [0.1, 0.15) is 25.8 Å². The van der Waals surface area contributed by atoms with Gasteiger partial charge in [0.2, 0.25) is 5.82 Å². The van der Waals surface area contributed by atoms with E-state index in [1.165, 1.54) is 0 Å². The topological polar surface area (TPSA) is 48.2 Å². The van der Waals surface area contributed by atoms with Crippen LogP contribution in [0.5, 0.6) is 0 Å². The normalized spacial score (nSPS) is 13.4. The smallest absolute Gasteiger partial charge is 0.320 e. The van der Waals surface area contributed by atoms with Crippen molar-refractivity contribution in [1.82, 2.24) is 10.1 Å². The van der Waals surface area contributed by atoms with E-state index in [0.29, 0.717) is 12.4 Å². The number of hydrogen-bond acceptors (Lipinski definition) is 4. The molecule has 1 heterocycles. The Hall–Kier alpha value is -0.610. The molecule has 1 aromatic heterocycles. The third-order valence-electron chi connectivity index (χ3n) is 1.20. The van der Waals surface area contributed by atoms with Crippen molar-refractivity contribution in [3.05, 3.63) is 11.2 Å². The van der Waals surface area contributed by atoms with E-state index in [9.17, 15) is 0 Å². The van der Waals surface area contributed by atoms with Gasteiger partial charge in [-0.3, -0.25) is 0 Å². The molecule has 0 fully saturated rings. The largest absolute Gasteiger partial charge is 0.371 e. The van der Waals surface area contributed by atoms with Crippen molar-refractivity contribution in [3.63, 3.8) is 0 Å². The summed E-state index contributed by atoms with van der Waals surface area (Å²) in [6.07, 6.45) is -0.156. The fraction of sp³-hybridized carbons (Fsp3) is 0.667. The van der Waals surface area contributed by atoms with E-state index < -0.39 is 0 Å². The molecule has 62 valence electrons. The van der Waals surface area contributed by atoms with Gasteiger partial charge in [-0.25, -0.2) is 0 Å². The van der Waals surface area contributed by atoms with E-state index in [0.717, 1.165) is 0 Å². The van der Waals surface area contributed by atoms with Gasteiger partial charge in [0.05, 0.1) is 0 Å². The second-order valence-electron chi connectivity index (χ2n) is 2.00. The summed E-state index contributed by atoms with van der Waals surface area (Å²) in [5.74, 6) is 0.483. The minimum atomic E-state index is -0.156. The van der Waals surface area contributed by atoms with Crippen LogP contribution in [0.15, 0.2) is 4.52 Å². The van der Waals surface area contributed by atoms with Crippen LogP contribution in [0.2, 0.25) is 5.35 Å². The molecule has 0 aliphatic carbocycles. The highest BCUT2D eigenvalue weighted by atomic mass is 35.5. The van der Waals surface area contributed by atoms with Gasteiger partial charge in [-0.05, 0) is 25.4 Å². The molecule has 1 atom stereocenters. The minimum Gasteiger partial charge on any atom is -0.371 e. The molecule has 11 heavy (non-hydrogen) atoms. The number of ether oxygens (including phenoxy) is 1. The minimum absolute atomic E-state index is 0.0477. The maximum absolute atomic E-state index is 5.41. The molecule has 5 heteroatoms. The summed E-state index contributed by atoms with van der Waals surface area (Å²) in [5, 5.41) is 3.64. The van der Waals surface area contributed by atoms with Gasteiger partial charge in [0.25, 0.3) is 0 Å². The molecule has 4 nitrogen and oxygen atoms in total. The number of rotatable bonds is 3. The molecule has 0 aliphatic rings. The van der Waals surface area contributed by atoms with Gasteiger partial charge in [-0.15, -0.1) is 0 Å². The standard InChI is InChI=1S/C6H9ClN2O2/c1-3-10-4(2)5-8-6(7)11-9-5/h4H,3H2,1-2H3. The van der Waals surface area contributed by atoms with Crippen molar-refractivity contribution in [2.45, 2.75) is 20.0 Å². The first-order chi connectivity index (χ1) is 5.24. The quantitative estimate of drug-likeness (QED) is 0.705. The lowest BCUT2D eigenvalue weighted by Gasteiger charge is -2.04. The van der Waals surface area contributed by atoms with E-state index >= 15 is 0 Å². The maximum Gasteiger partial charge on any atom is 0.320 e. The Balaban J connectivity index is 2.60. The van der Waals surface area contributed by atoms with Gasteiger partial charge in [0.15, 0.2) is 0 Å². The third-order valence-corrected chi connectivity index (χ3v) is 1.35. The summed E-state index contributed by atoms with van der Waals surface area (Å²) < 4.78 is 9.75. The van der Waals surface area contributed by atoms with Crippen LogP contribution in [-0.2, 0) is 4.74 Å². The molecule has 0 N–H and O–H groups in total. The fourth-order valence-corrected chi connectivity index (χ4v) is 0.826. The van der Waals surface area contributed by atoms with Crippen LogP contribution < -0.4 is 0 Å². The predicted molar refractivity (Wildman–Crippen MR) is 39.3 cm³/mol. The molecule has 1 aromatic rings. The van der Waals surface area contributed by atoms with Crippen molar-refractivity contribution in [2.75, 3.05) is 6.61 Å². The van der Waals surface area contributed by atoms with Gasteiger partial charge in [0, 0.05) is 6.61 Å². The number of halogens is 1. The first kappa shape index (κ1) is 8.49. The lowest BCUT2D eigenvalue weighted by atomic mass is 10.4. The molecule has 0 spiro atoms. The molecule has 1 unspecified atom stereocenters. The summed E-state index contributed by atoms with van der Waals surface area (Å²) in [7, 11) is 0. The summed E-state index contributed by atoms with van der Waals surface area (Å²) in [6, 6.07) is 0. The summed E-state index contributed by atoms with van der Waals surface area (Å²) in [4.78, 5) is 3.79. The zero-order valence-electron chi connectivity index (χ0n) is 6.37. The van der Waals surface area contributed by atoms with E-state index in [2.05, 4.69) is 14.7 Å². The van der Waals surface area contributed by atoms with Gasteiger partial charge in [-0.1, -0.05) is 5.16 Å². The van der Waals surface area contributed by atoms with Crippen molar-refractivity contribution in [1.29, 1.82) is 0 Å². The second kappa shape index (κ2) is 3.69. The Kier molecular flexibility index (Phi) is 2.84. The van der Waals surface area contributed by atoms with Crippen LogP contribution in [0, 0.1) is 0 Å². The zero-order chi connectivity index (χ0) is 8.27. The van der Waals surface area contributed by atoms with Gasteiger partial charge >= 0.3 is 5.35 Å². The van der Waals surface area contributed by atoms with Crippen LogP contribution in [-0.4, -0.2) is 16.7 Å². The molecule has 0 aromatic carbocycles. The summed E-state index contributed by atoms with van der Waals surface area (Å²) in [6.45, 7) is 4.36. The summed E-state index contributed by atoms with van der Waals surface area (Å²) in [5.41, 5.74) is 0. The Labute approximate surface area is 69.5 Å². The van der Waals surface area contributed by atoms with Crippen LogP contribution in [0.25, 0.3) is 0 Å². The van der Waals surface area contributed by atoms with Gasteiger partial charge in [0.1, 0.15) is 6.10 Å². The van der Waals surface area contributed by atoms with E-state index in [1.54, 1.807) is 0 Å². The predicted octanol–water partition coefficient (Wildman–Crippen LogP) is 1.82. The number of aromatic nitrogens is 2. The molecular formula is C6H9ClN2O2. The van der Waals surface area contributed by atoms with E-state index in [1.807, 2.05) is 13.8 Å². The Morgan fingerprint density at radius 3 is 2.91 bits per heavy atom. The highest BCUT2D eigenvalue weighted by Gasteiger charge is 2.11. The van der Waals surface area contributed by atoms with Crippen molar-refractivity contribution >= 4 is 11.6 Å². The average molecular weight is 177 g/mol. The Morgan fingerprint density at radius 1 is 1.73 bits per heavy atom. The first-order valence-electron chi connectivity index (χ1n) is 3.34. The molecule has 0 bridgehead atoms. The molecule has 0 saturated heterocycles. The molecule has 0 saturated carbocycles. The monoisotopic (exact) mass is 176 g/mol. The van der Waals surface area contributed by atoms with Crippen molar-refractivity contribution < 1.29 is 9.26 Å². The van der Waals surface area contributed by atoms with Crippen molar-refractivity contribution in [2.24, 2.45) is 0 Å². The van der Waals surface area contributed by atoms with Gasteiger partial charge < -0.3 is 9.26 Å². The van der Waals surface area contributed by atoms with E-state index in [-0.39, 0.29) is 11.5 Å². The third kappa shape index (κ3) is 2.17. The fourth-order valence-electron chi connectivity index (χ4n) is 0.705. The number of nitrogens with zero attached hydrogens (tertiary/aromatic N) is 2. The van der Waals surface area contributed by atoms with Crippen LogP contribution in [0.3, 0.4) is 0 Å². The lowest BCUT2D eigenvalue weighted by Crippen LogP contribution is -2.00. The highest BCUT2D eigenvalue weighted by molar-refractivity contribution is 6.27. The molecule has 0 aliphatic heterocycles. The van der Waals surface area contributed by atoms with Gasteiger partial charge in [-0.2, -0.15) is 4.98 Å². The summed E-state index contributed by atoms with van der Waals surface area (Å²) >= 11 is 5.41. The first-order valence-corrected chi connectivity index (χ1v) is 3.72. The molecule has 0 radical (unpaired) electrons. The molecule has 1 rings (SSSR count). The molecule has 0 amide bonds. The lowest BCUT2D eigenvalue weighted by molar-refractivity contribution is 0.0683. The number of hydrogen-bond donors (Lipinski definition) is 0. The zero-order valence-corrected chi connectivity index (χ0v) is 7.13. The average Bonchev–Trinajstić information content (AvgIpc) is 2.36.